The predicted octanol–water partition coefficient (Wildman–Crippen LogP) is 4.40. The Kier molecular flexibility index (Phi) is 5.76. The summed E-state index contributed by atoms with van der Waals surface area (Å²) in [6.45, 7) is 1.17. The second-order valence-corrected chi connectivity index (χ2v) is 7.75. The van der Waals surface area contributed by atoms with Crippen LogP contribution < -0.4 is 4.31 Å². The Hall–Kier alpha value is -2.58. The van der Waals surface area contributed by atoms with Crippen molar-refractivity contribution in [3.63, 3.8) is 0 Å². The molecule has 1 aromatic carbocycles. The molecule has 2 aromatic heterocycles. The smallest absolute Gasteiger partial charge is 0.312 e. The van der Waals surface area contributed by atoms with E-state index in [-0.39, 0.29) is 6.42 Å². The van der Waals surface area contributed by atoms with Crippen LogP contribution >= 0.6 is 23.5 Å². The Morgan fingerprint density at radius 3 is 2.80 bits per heavy atom. The number of nitrogens with zero attached hydrogens (tertiary/aromatic N) is 5. The summed E-state index contributed by atoms with van der Waals surface area (Å²) in [5.41, 5.74) is 3.16. The van der Waals surface area contributed by atoms with Gasteiger partial charge in [0.25, 0.3) is 0 Å². The maximum absolute atomic E-state index is 12.7. The zero-order valence-electron chi connectivity index (χ0n) is 20.1. The van der Waals surface area contributed by atoms with Gasteiger partial charge < -0.3 is 9.04 Å². The van der Waals surface area contributed by atoms with Crippen LogP contribution in [0, 0.1) is 6.92 Å². The van der Waals surface area contributed by atoms with Crippen LogP contribution in [0.5, 0.6) is 0 Å². The number of hydrogen-bond acceptors (Lipinski definition) is 7. The van der Waals surface area contributed by atoms with Crippen LogP contribution in [0.2, 0.25) is 5.02 Å². The van der Waals surface area contributed by atoms with Crippen molar-refractivity contribution in [2.24, 2.45) is 7.05 Å². The lowest BCUT2D eigenvalue weighted by Crippen LogP contribution is -2.14. The van der Waals surface area contributed by atoms with Crippen LogP contribution in [0.25, 0.3) is 11.4 Å². The minimum Gasteiger partial charge on any atom is -0.457 e. The molecule has 0 unspecified atom stereocenters. The molecule has 0 aliphatic heterocycles. The second kappa shape index (κ2) is 9.49. The van der Waals surface area contributed by atoms with E-state index in [1.54, 1.807) is 45.4 Å². The first-order valence-electron chi connectivity index (χ1n) is 10.7. The molecule has 0 aliphatic rings. The molecule has 0 bridgehead atoms. The highest BCUT2D eigenvalue weighted by molar-refractivity contribution is 7.99. The Morgan fingerprint density at radius 2 is 2.13 bits per heavy atom. The molecule has 0 saturated carbocycles. The lowest BCUT2D eigenvalue weighted by Gasteiger charge is -2.17. The van der Waals surface area contributed by atoms with Gasteiger partial charge in [0.15, 0.2) is 0 Å². The molecule has 0 radical (unpaired) electrons. The van der Waals surface area contributed by atoms with Crippen molar-refractivity contribution in [3.05, 3.63) is 58.4 Å². The van der Waals surface area contributed by atoms with E-state index in [1.807, 2.05) is 18.2 Å². The minimum absolute atomic E-state index is 0.0671. The number of ether oxygens (including phenoxy) is 1. The SMILES string of the molecule is [2H]C([2H])([2H])N(SC)c1ccc(-c2nnn(C)c2CC(=O)O[C@H](C)c2ccccc2Cl)nc1C. The highest BCUT2D eigenvalue weighted by atomic mass is 35.5. The molecule has 7 nitrogen and oxygen atoms in total. The van der Waals surface area contributed by atoms with Crippen LogP contribution in [0.1, 0.15) is 34.1 Å². The van der Waals surface area contributed by atoms with E-state index in [0.717, 1.165) is 17.5 Å². The third kappa shape index (κ3) is 4.76. The largest absolute Gasteiger partial charge is 0.457 e. The van der Waals surface area contributed by atoms with Crippen molar-refractivity contribution >= 4 is 35.2 Å². The fraction of sp³-hybridized carbons (Fsp3) is 0.333. The summed E-state index contributed by atoms with van der Waals surface area (Å²) in [7, 11) is 1.68. The van der Waals surface area contributed by atoms with Gasteiger partial charge in [0.05, 0.1) is 29.2 Å². The number of rotatable bonds is 7. The summed E-state index contributed by atoms with van der Waals surface area (Å²) < 4.78 is 31.4. The number of aryl methyl sites for hydroxylation is 2. The molecule has 0 saturated heterocycles. The summed E-state index contributed by atoms with van der Waals surface area (Å²) in [4.78, 5) is 17.2. The molecule has 1 atom stereocenters. The molecule has 9 heteroatoms. The summed E-state index contributed by atoms with van der Waals surface area (Å²) in [5.74, 6) is -0.460. The van der Waals surface area contributed by atoms with Gasteiger partial charge in [-0.25, -0.2) is 4.98 Å². The normalized spacial score (nSPS) is 13.8. The number of esters is 1. The number of pyridine rings is 1. The summed E-state index contributed by atoms with van der Waals surface area (Å²) in [6, 6.07) is 10.5. The zero-order valence-corrected chi connectivity index (χ0v) is 18.7. The van der Waals surface area contributed by atoms with E-state index < -0.39 is 19.0 Å². The average Bonchev–Trinajstić information content (AvgIpc) is 3.09. The molecular formula is C21H24ClN5O2S. The van der Waals surface area contributed by atoms with Gasteiger partial charge in [-0.2, -0.15) is 0 Å². The minimum atomic E-state index is -2.31. The first kappa shape index (κ1) is 18.2. The lowest BCUT2D eigenvalue weighted by atomic mass is 10.1. The number of anilines is 1. The van der Waals surface area contributed by atoms with Gasteiger partial charge in [-0.15, -0.1) is 5.10 Å². The van der Waals surface area contributed by atoms with Gasteiger partial charge in [-0.3, -0.25) is 9.48 Å². The lowest BCUT2D eigenvalue weighted by molar-refractivity contribution is -0.147. The molecular weight excluding hydrogens is 422 g/mol. The van der Waals surface area contributed by atoms with Crippen molar-refractivity contribution in [1.82, 2.24) is 20.0 Å². The summed E-state index contributed by atoms with van der Waals surface area (Å²) >= 11 is 7.29. The Labute approximate surface area is 189 Å². The van der Waals surface area contributed by atoms with Gasteiger partial charge in [0.1, 0.15) is 11.8 Å². The Balaban J connectivity index is 1.83. The number of aromatic nitrogens is 4. The van der Waals surface area contributed by atoms with E-state index >= 15 is 0 Å². The molecule has 30 heavy (non-hydrogen) atoms. The molecule has 158 valence electrons. The predicted molar refractivity (Wildman–Crippen MR) is 121 cm³/mol. The van der Waals surface area contributed by atoms with Crippen LogP contribution in [-0.4, -0.2) is 39.2 Å². The Bertz CT molecular complexity index is 1160. The van der Waals surface area contributed by atoms with Crippen molar-refractivity contribution < 1.29 is 13.6 Å². The molecule has 3 rings (SSSR count). The number of halogens is 1. The van der Waals surface area contributed by atoms with Gasteiger partial charge in [0.2, 0.25) is 0 Å². The van der Waals surface area contributed by atoms with E-state index in [2.05, 4.69) is 15.3 Å². The number of hydrogen-bond donors (Lipinski definition) is 0. The van der Waals surface area contributed by atoms with Crippen LogP contribution in [-0.2, 0) is 23.0 Å². The molecule has 0 spiro atoms. The van der Waals surface area contributed by atoms with Crippen LogP contribution in [0.4, 0.5) is 5.69 Å². The van der Waals surface area contributed by atoms with Crippen LogP contribution in [0.15, 0.2) is 36.4 Å². The maximum Gasteiger partial charge on any atom is 0.312 e. The number of carbonyl (C=O) groups excluding carboxylic acids is 1. The number of benzene rings is 1. The monoisotopic (exact) mass is 448 g/mol. The molecule has 0 N–H and O–H groups in total. The standard InChI is InChI=1S/C21H24ClN5O2S/c1-13-18(27(4)30-5)11-10-17(23-13)21-19(26(3)25-24-21)12-20(28)29-14(2)15-8-6-7-9-16(15)22/h6-11,14H,12H2,1-5H3/t14-/m1/s1/i4D3. The van der Waals surface area contributed by atoms with Crippen molar-refractivity contribution in [3.8, 4) is 11.4 Å². The quantitative estimate of drug-likeness (QED) is 0.391. The van der Waals surface area contributed by atoms with Gasteiger partial charge in [-0.1, -0.05) is 47.0 Å². The first-order valence-corrected chi connectivity index (χ1v) is 10.7. The third-order valence-corrected chi connectivity index (χ3v) is 5.51. The fourth-order valence-electron chi connectivity index (χ4n) is 3.02. The highest BCUT2D eigenvalue weighted by Gasteiger charge is 2.21. The van der Waals surface area contributed by atoms with Crippen molar-refractivity contribution in [1.29, 1.82) is 0 Å². The fourth-order valence-corrected chi connectivity index (χ4v) is 3.70. The molecule has 0 aliphatic carbocycles. The van der Waals surface area contributed by atoms with E-state index in [1.165, 1.54) is 8.99 Å². The van der Waals surface area contributed by atoms with Crippen LogP contribution in [0.3, 0.4) is 0 Å². The molecule has 0 amide bonds. The molecule has 0 fully saturated rings. The number of carbonyl (C=O) groups is 1. The summed E-state index contributed by atoms with van der Waals surface area (Å²) in [5, 5.41) is 8.72. The molecule has 2 heterocycles. The topological polar surface area (TPSA) is 73.1 Å². The van der Waals surface area contributed by atoms with Gasteiger partial charge >= 0.3 is 5.97 Å². The summed E-state index contributed by atoms with van der Waals surface area (Å²) in [6.07, 6.45) is 1.10. The third-order valence-electron chi connectivity index (χ3n) is 4.61. The Morgan fingerprint density at radius 1 is 1.37 bits per heavy atom. The van der Waals surface area contributed by atoms with Gasteiger partial charge in [0, 0.05) is 35.0 Å². The highest BCUT2D eigenvalue weighted by Crippen LogP contribution is 2.28. The van der Waals surface area contributed by atoms with Crippen molar-refractivity contribution in [2.45, 2.75) is 26.4 Å². The molecule has 3 aromatic rings. The van der Waals surface area contributed by atoms with E-state index in [4.69, 9.17) is 20.5 Å². The van der Waals surface area contributed by atoms with Gasteiger partial charge in [-0.05, 0) is 32.0 Å². The van der Waals surface area contributed by atoms with E-state index in [0.29, 0.717) is 33.5 Å². The van der Waals surface area contributed by atoms with E-state index in [9.17, 15) is 4.79 Å². The van der Waals surface area contributed by atoms with Crippen molar-refractivity contribution in [2.75, 3.05) is 17.5 Å². The second-order valence-electron chi connectivity index (χ2n) is 6.62. The zero-order chi connectivity index (χ0) is 24.3. The maximum atomic E-state index is 12.7. The average molecular weight is 449 g/mol. The first-order chi connectivity index (χ1) is 15.5.